The lowest BCUT2D eigenvalue weighted by Crippen LogP contribution is -2.40. The number of aromatic nitrogens is 4. The molecular weight excluding hydrogens is 392 g/mol. The summed E-state index contributed by atoms with van der Waals surface area (Å²) in [5.74, 6) is 0.323. The fraction of sp³-hybridized carbons (Fsp3) is 0.652. The number of amides is 2. The predicted molar refractivity (Wildman–Crippen MR) is 118 cm³/mol. The summed E-state index contributed by atoms with van der Waals surface area (Å²) in [6, 6.07) is 0.331. The summed E-state index contributed by atoms with van der Waals surface area (Å²) in [5.41, 5.74) is 2.27. The van der Waals surface area contributed by atoms with Crippen LogP contribution in [0.2, 0.25) is 0 Å². The van der Waals surface area contributed by atoms with Crippen LogP contribution in [0.4, 0.5) is 0 Å². The van der Waals surface area contributed by atoms with Gasteiger partial charge in [0, 0.05) is 44.8 Å². The molecule has 8 heteroatoms. The molecule has 3 heterocycles. The first-order chi connectivity index (χ1) is 15.1. The summed E-state index contributed by atoms with van der Waals surface area (Å²) >= 11 is 0. The lowest BCUT2D eigenvalue weighted by molar-refractivity contribution is 0.0681. The Morgan fingerprint density at radius 2 is 1.87 bits per heavy atom. The van der Waals surface area contributed by atoms with E-state index >= 15 is 0 Å². The van der Waals surface area contributed by atoms with Crippen molar-refractivity contribution in [3.8, 4) is 0 Å². The second-order valence-corrected chi connectivity index (χ2v) is 8.96. The fourth-order valence-corrected chi connectivity index (χ4v) is 4.98. The van der Waals surface area contributed by atoms with Crippen LogP contribution in [-0.2, 0) is 6.54 Å². The largest absolute Gasteiger partial charge is 0.339 e. The molecule has 1 aliphatic heterocycles. The molecule has 0 radical (unpaired) electrons. The number of likely N-dealkylation sites (tertiary alicyclic amines) is 1. The van der Waals surface area contributed by atoms with Crippen molar-refractivity contribution in [3.63, 3.8) is 0 Å². The smallest absolute Gasteiger partial charge is 0.257 e. The average molecular weight is 427 g/mol. The van der Waals surface area contributed by atoms with Crippen molar-refractivity contribution in [2.24, 2.45) is 0 Å². The van der Waals surface area contributed by atoms with Crippen LogP contribution in [0.25, 0.3) is 0 Å². The molecule has 4 rings (SSSR count). The van der Waals surface area contributed by atoms with Crippen LogP contribution in [0.15, 0.2) is 18.6 Å². The molecule has 0 spiro atoms. The van der Waals surface area contributed by atoms with Crippen LogP contribution >= 0.6 is 0 Å². The summed E-state index contributed by atoms with van der Waals surface area (Å²) in [4.78, 5) is 29.8. The zero-order valence-corrected chi connectivity index (χ0v) is 18.7. The van der Waals surface area contributed by atoms with Gasteiger partial charge in [-0.3, -0.25) is 19.4 Å². The zero-order chi connectivity index (χ0) is 21.8. The second-order valence-electron chi connectivity index (χ2n) is 8.96. The highest BCUT2D eigenvalue weighted by Crippen LogP contribution is 2.31. The number of carbonyl (C=O) groups is 2. The van der Waals surface area contributed by atoms with E-state index in [1.54, 1.807) is 12.4 Å². The molecule has 0 atom stereocenters. The van der Waals surface area contributed by atoms with Gasteiger partial charge in [-0.2, -0.15) is 10.2 Å². The Labute approximate surface area is 184 Å². The van der Waals surface area contributed by atoms with Crippen molar-refractivity contribution in [3.05, 3.63) is 35.4 Å². The third-order valence-corrected chi connectivity index (χ3v) is 6.87. The van der Waals surface area contributed by atoms with E-state index in [-0.39, 0.29) is 17.7 Å². The van der Waals surface area contributed by atoms with Crippen LogP contribution in [0.1, 0.15) is 90.6 Å². The maximum atomic E-state index is 13.2. The summed E-state index contributed by atoms with van der Waals surface area (Å²) in [6.07, 6.45) is 13.7. The molecule has 0 unspecified atom stereocenters. The number of hydrogen-bond acceptors (Lipinski definition) is 4. The minimum absolute atomic E-state index is 0.0405. The molecule has 0 aromatic carbocycles. The average Bonchev–Trinajstić information content (AvgIpc) is 3.49. The summed E-state index contributed by atoms with van der Waals surface area (Å²) in [6.45, 7) is 4.26. The number of hydrogen-bond donors (Lipinski definition) is 1. The van der Waals surface area contributed by atoms with Crippen LogP contribution in [0.3, 0.4) is 0 Å². The molecule has 31 heavy (non-hydrogen) atoms. The highest BCUT2D eigenvalue weighted by Gasteiger charge is 2.31. The van der Waals surface area contributed by atoms with Gasteiger partial charge in [0.05, 0.1) is 29.2 Å². The zero-order valence-electron chi connectivity index (χ0n) is 18.7. The van der Waals surface area contributed by atoms with Gasteiger partial charge in [0.15, 0.2) is 0 Å². The highest BCUT2D eigenvalue weighted by atomic mass is 16.2. The van der Waals surface area contributed by atoms with E-state index in [2.05, 4.69) is 22.2 Å². The first-order valence-electron chi connectivity index (χ1n) is 11.7. The molecule has 1 N–H and O–H groups in total. The number of nitrogens with zero attached hydrogens (tertiary/aromatic N) is 5. The van der Waals surface area contributed by atoms with Gasteiger partial charge in [0.1, 0.15) is 0 Å². The predicted octanol–water partition coefficient (Wildman–Crippen LogP) is 3.44. The monoisotopic (exact) mass is 426 g/mol. The normalized spacial score (nSPS) is 18.3. The quantitative estimate of drug-likeness (QED) is 0.766. The van der Waals surface area contributed by atoms with E-state index in [1.165, 1.54) is 19.3 Å². The van der Waals surface area contributed by atoms with Crippen LogP contribution in [-0.4, -0.2) is 67.8 Å². The summed E-state index contributed by atoms with van der Waals surface area (Å²) in [7, 11) is 1.93. The van der Waals surface area contributed by atoms with E-state index in [9.17, 15) is 9.59 Å². The standard InChI is InChI=1S/C23H34N6O2/c1-3-11-29-16-18(14-25-29)22(30)28-12-9-17(10-13-28)21-20(15-24-26-21)23(31)27(2)19-7-5-4-6-8-19/h14-17,19H,3-13H2,1-2H3,(H,24,26). The number of piperidine rings is 1. The molecule has 2 aromatic heterocycles. The first kappa shape index (κ1) is 21.6. The molecule has 2 amide bonds. The van der Waals surface area contributed by atoms with Crippen molar-refractivity contribution in [1.82, 2.24) is 29.8 Å². The summed E-state index contributed by atoms with van der Waals surface area (Å²) < 4.78 is 1.82. The molecule has 1 saturated heterocycles. The van der Waals surface area contributed by atoms with E-state index in [4.69, 9.17) is 0 Å². The Kier molecular flexibility index (Phi) is 6.73. The van der Waals surface area contributed by atoms with Gasteiger partial charge >= 0.3 is 0 Å². The first-order valence-corrected chi connectivity index (χ1v) is 11.7. The van der Waals surface area contributed by atoms with Gasteiger partial charge in [-0.25, -0.2) is 0 Å². The van der Waals surface area contributed by atoms with Gasteiger partial charge in [0.2, 0.25) is 0 Å². The van der Waals surface area contributed by atoms with Gasteiger partial charge in [-0.1, -0.05) is 26.2 Å². The van der Waals surface area contributed by atoms with Gasteiger partial charge < -0.3 is 9.80 Å². The number of rotatable bonds is 6. The van der Waals surface area contributed by atoms with E-state index in [0.717, 1.165) is 44.3 Å². The topological polar surface area (TPSA) is 87.1 Å². The Morgan fingerprint density at radius 1 is 1.13 bits per heavy atom. The van der Waals surface area contributed by atoms with Crippen molar-refractivity contribution in [1.29, 1.82) is 0 Å². The van der Waals surface area contributed by atoms with E-state index in [1.807, 2.05) is 27.7 Å². The lowest BCUT2D eigenvalue weighted by atomic mass is 9.90. The number of H-pyrrole nitrogens is 1. The van der Waals surface area contributed by atoms with Gasteiger partial charge in [0.25, 0.3) is 11.8 Å². The minimum atomic E-state index is 0.0405. The Morgan fingerprint density at radius 3 is 2.58 bits per heavy atom. The van der Waals surface area contributed by atoms with Crippen molar-refractivity contribution >= 4 is 11.8 Å². The lowest BCUT2D eigenvalue weighted by Gasteiger charge is -2.33. The van der Waals surface area contributed by atoms with Crippen molar-refractivity contribution in [2.45, 2.75) is 76.8 Å². The molecule has 0 bridgehead atoms. The molecule has 1 saturated carbocycles. The Balaban J connectivity index is 1.37. The number of aromatic amines is 1. The SMILES string of the molecule is CCCn1cc(C(=O)N2CCC(c3[nH]ncc3C(=O)N(C)C3CCCCC3)CC2)cn1. The molecule has 8 nitrogen and oxygen atoms in total. The maximum Gasteiger partial charge on any atom is 0.257 e. The molecule has 2 aliphatic rings. The van der Waals surface area contributed by atoms with Crippen molar-refractivity contribution < 1.29 is 9.59 Å². The molecule has 2 fully saturated rings. The number of aryl methyl sites for hydroxylation is 1. The fourth-order valence-electron chi connectivity index (χ4n) is 4.98. The van der Waals surface area contributed by atoms with E-state index in [0.29, 0.717) is 30.3 Å². The highest BCUT2D eigenvalue weighted by molar-refractivity contribution is 5.95. The molecular formula is C23H34N6O2. The number of carbonyl (C=O) groups excluding carboxylic acids is 2. The Hall–Kier alpha value is -2.64. The third-order valence-electron chi connectivity index (χ3n) is 6.87. The van der Waals surface area contributed by atoms with Crippen LogP contribution < -0.4 is 0 Å². The maximum absolute atomic E-state index is 13.2. The van der Waals surface area contributed by atoms with E-state index < -0.39 is 0 Å². The second kappa shape index (κ2) is 9.66. The number of nitrogens with one attached hydrogen (secondary N) is 1. The molecule has 1 aliphatic carbocycles. The van der Waals surface area contributed by atoms with Gasteiger partial charge in [-0.15, -0.1) is 0 Å². The Bertz CT molecular complexity index is 890. The minimum Gasteiger partial charge on any atom is -0.339 e. The van der Waals surface area contributed by atoms with Crippen LogP contribution in [0.5, 0.6) is 0 Å². The molecule has 2 aromatic rings. The molecule has 168 valence electrons. The van der Waals surface area contributed by atoms with Crippen LogP contribution in [0, 0.1) is 0 Å². The third kappa shape index (κ3) is 4.67. The summed E-state index contributed by atoms with van der Waals surface area (Å²) in [5, 5.41) is 11.6. The van der Waals surface area contributed by atoms with Crippen molar-refractivity contribution in [2.75, 3.05) is 20.1 Å². The van der Waals surface area contributed by atoms with Gasteiger partial charge in [-0.05, 0) is 32.1 Å².